The zero-order valence-electron chi connectivity index (χ0n) is 51.8. The molecule has 5 unspecified atom stereocenters. The summed E-state index contributed by atoms with van der Waals surface area (Å²) in [4.78, 5) is 113. The van der Waals surface area contributed by atoms with E-state index in [4.69, 9.17) is 5.73 Å². The van der Waals surface area contributed by atoms with Gasteiger partial charge in [0.2, 0.25) is 0 Å². The first kappa shape index (κ1) is 81.1. The Morgan fingerprint density at radius 1 is 0.442 bits per heavy atom. The topological polar surface area (TPSA) is 259 Å². The summed E-state index contributed by atoms with van der Waals surface area (Å²) < 4.78 is 36.0. The molecule has 446 valence electrons. The van der Waals surface area contributed by atoms with Crippen molar-refractivity contribution >= 4 is 68.2 Å². The summed E-state index contributed by atoms with van der Waals surface area (Å²) in [6.07, 6.45) is 2.07. The van der Waals surface area contributed by atoms with E-state index in [-0.39, 0.29) is 167 Å². The van der Waals surface area contributed by atoms with E-state index in [1.54, 1.807) is 13.8 Å². The molecule has 0 aromatic heterocycles. The number of rotatable bonds is 26. The Bertz CT molecular complexity index is 1990. The highest BCUT2D eigenvalue weighted by atomic mass is 32.2. The number of hydrogen-bond acceptors (Lipinski definition) is 16. The zero-order valence-corrected chi connectivity index (χ0v) is 52.6. The first-order valence-electron chi connectivity index (χ1n) is 27.0. The molecule has 5 atom stereocenters. The van der Waals surface area contributed by atoms with E-state index >= 15 is 0 Å². The van der Waals surface area contributed by atoms with Crippen LogP contribution in [0.1, 0.15) is 176 Å². The molecule has 0 saturated heterocycles. The van der Waals surface area contributed by atoms with E-state index in [2.05, 4.69) is 14.2 Å². The molecule has 0 fully saturated rings. The number of carbonyl (C=O) groups excluding carboxylic acids is 10. The Morgan fingerprint density at radius 2 is 0.753 bits per heavy atom. The number of methoxy groups -OCH3 is 3. The molecule has 2 N–H and O–H groups in total. The van der Waals surface area contributed by atoms with E-state index in [1.165, 1.54) is 34.5 Å². The molecule has 0 heterocycles. The first-order valence-corrected chi connectivity index (χ1v) is 29.0. The smallest absolute Gasteiger partial charge is 0.306 e. The van der Waals surface area contributed by atoms with Gasteiger partial charge in [-0.15, -0.1) is 0 Å². The Hall–Kier alpha value is -4.77. The van der Waals surface area contributed by atoms with Gasteiger partial charge >= 0.3 is 17.9 Å². The van der Waals surface area contributed by atoms with Crippen LogP contribution in [0.4, 0.5) is 0 Å². The summed E-state index contributed by atoms with van der Waals surface area (Å²) in [6, 6.07) is 9.36. The lowest BCUT2D eigenvalue weighted by atomic mass is 9.84. The largest absolute Gasteiger partial charge is 0.469 e. The van der Waals surface area contributed by atoms with Crippen LogP contribution >= 0.6 is 0 Å². The fraction of sp³-hybridized carbons (Fsp3) is 0.733. The average molecular weight is 1110 g/mol. The molecule has 1 rings (SSSR count). The maximum absolute atomic E-state index is 12.1. The molecular formula is C60H105NO15S. The fourth-order valence-electron chi connectivity index (χ4n) is 7.13. The van der Waals surface area contributed by atoms with Crippen LogP contribution in [0.15, 0.2) is 30.3 Å². The second kappa shape index (κ2) is 43.2. The van der Waals surface area contributed by atoms with Crippen molar-refractivity contribution in [2.75, 3.05) is 39.9 Å². The van der Waals surface area contributed by atoms with Crippen LogP contribution < -0.4 is 5.73 Å². The first-order chi connectivity index (χ1) is 35.1. The van der Waals surface area contributed by atoms with Crippen molar-refractivity contribution in [1.82, 2.24) is 0 Å². The maximum atomic E-state index is 12.1. The van der Waals surface area contributed by atoms with E-state index in [0.717, 1.165) is 5.56 Å². The molecule has 0 amide bonds. The Morgan fingerprint density at radius 3 is 0.987 bits per heavy atom. The van der Waals surface area contributed by atoms with Crippen molar-refractivity contribution in [1.29, 1.82) is 0 Å². The van der Waals surface area contributed by atoms with E-state index in [9.17, 15) is 56.4 Å². The van der Waals surface area contributed by atoms with Gasteiger partial charge in [0.05, 0.1) is 58.8 Å². The number of esters is 3. The van der Waals surface area contributed by atoms with E-state index < -0.39 is 15.8 Å². The van der Waals surface area contributed by atoms with Crippen LogP contribution in [-0.2, 0) is 72.0 Å². The molecule has 0 aliphatic carbocycles. The van der Waals surface area contributed by atoms with Crippen LogP contribution in [-0.4, -0.2) is 107 Å². The summed E-state index contributed by atoms with van der Waals surface area (Å²) in [5.74, 6) is -1.10. The third-order valence-electron chi connectivity index (χ3n) is 12.1. The monoisotopic (exact) mass is 1110 g/mol. The van der Waals surface area contributed by atoms with Gasteiger partial charge in [-0.2, -0.15) is 0 Å². The SMILES string of the molecule is CC(=O)CC(C)C(=O)C(C)C.CC(C)C(=O)C(CS(C)(=O)=O)C(C)C.CC(C)C(=O)CN.COC(=O)CC(C(=O)C(C)C)C(C)C.COC(=O)CC(C(=O)C(C)C)C(C)C.COC(=O)CC(C(=O)C(C)C)c1ccccc1. The van der Waals surface area contributed by atoms with Crippen LogP contribution in [0.25, 0.3) is 0 Å². The standard InChI is InChI=1S/C14H18O3.2C11H20O3.C10H20O3S.C9H16O2.C5H11NO/c1-10(2)14(16)12(9-13(15)17-3)11-7-5-4-6-8-11;2*1-7(2)9(6-10(12)14-5)11(13)8(3)4;1-7(2)9(6-14(5,12)13)10(11)8(3)4;1-6(2)9(11)7(3)5-8(4)10;1-4(2)5(7)3-6/h4-8,10,12H,9H2,1-3H3;3*7-9H,6H2,1-5H3;6-7H,5H2,1-4H3;4H,3,6H2,1-2H3. The normalized spacial score (nSPS) is 12.9. The lowest BCUT2D eigenvalue weighted by molar-refractivity contribution is -0.145. The van der Waals surface area contributed by atoms with Crippen LogP contribution in [0.5, 0.6) is 0 Å². The summed E-state index contributed by atoms with van der Waals surface area (Å²) in [5.41, 5.74) is 5.90. The summed E-state index contributed by atoms with van der Waals surface area (Å²) in [7, 11) is 0.963. The van der Waals surface area contributed by atoms with Gasteiger partial charge in [-0.05, 0) is 30.2 Å². The molecule has 77 heavy (non-hydrogen) atoms. The quantitative estimate of drug-likeness (QED) is 0.0668. The minimum absolute atomic E-state index is 0.0212. The fourth-order valence-corrected chi connectivity index (χ4v) is 8.33. The predicted molar refractivity (Wildman–Crippen MR) is 306 cm³/mol. The van der Waals surface area contributed by atoms with Gasteiger partial charge in [-0.3, -0.25) is 43.2 Å². The molecule has 0 radical (unpaired) electrons. The Kier molecular flexibility index (Phi) is 45.4. The Labute approximate surface area is 465 Å². The van der Waals surface area contributed by atoms with Crippen molar-refractivity contribution < 1.29 is 70.6 Å². The number of nitrogens with two attached hydrogens (primary N) is 1. The van der Waals surface area contributed by atoms with Crippen molar-refractivity contribution in [3.63, 3.8) is 0 Å². The minimum atomic E-state index is -3.07. The molecule has 0 bridgehead atoms. The number of hydrogen-bond donors (Lipinski definition) is 1. The zero-order chi connectivity index (χ0) is 61.8. The van der Waals surface area contributed by atoms with Crippen molar-refractivity contribution in [2.24, 2.45) is 82.7 Å². The molecule has 0 aliphatic heterocycles. The molecule has 1 aromatic carbocycles. The highest BCUT2D eigenvalue weighted by Gasteiger charge is 2.30. The molecule has 1 aromatic rings. The van der Waals surface area contributed by atoms with Crippen molar-refractivity contribution in [2.45, 2.75) is 170 Å². The predicted octanol–water partition coefficient (Wildman–Crippen LogP) is 10.2. The van der Waals surface area contributed by atoms with Gasteiger partial charge in [0, 0.05) is 71.9 Å². The maximum Gasteiger partial charge on any atom is 0.306 e. The molecular weight excluding hydrogens is 1010 g/mol. The number of Topliss-reactive ketones (excluding diaryl/α,β-unsaturated/α-hetero) is 7. The number of ether oxygens (including phenoxy) is 3. The Balaban J connectivity index is -0.000000274. The van der Waals surface area contributed by atoms with Gasteiger partial charge < -0.3 is 24.7 Å². The molecule has 16 nitrogen and oxygen atoms in total. The van der Waals surface area contributed by atoms with Gasteiger partial charge in [-0.1, -0.05) is 162 Å². The lowest BCUT2D eigenvalue weighted by Crippen LogP contribution is -2.30. The summed E-state index contributed by atoms with van der Waals surface area (Å²) >= 11 is 0. The molecule has 17 heteroatoms. The highest BCUT2D eigenvalue weighted by Crippen LogP contribution is 2.25. The van der Waals surface area contributed by atoms with Gasteiger partial charge in [0.15, 0.2) is 0 Å². The van der Waals surface area contributed by atoms with Crippen LogP contribution in [0.2, 0.25) is 0 Å². The lowest BCUT2D eigenvalue weighted by Gasteiger charge is -2.20. The third kappa shape index (κ3) is 40.1. The van der Waals surface area contributed by atoms with Gasteiger partial charge in [0.1, 0.15) is 50.3 Å². The number of benzene rings is 1. The van der Waals surface area contributed by atoms with Crippen LogP contribution in [0.3, 0.4) is 0 Å². The van der Waals surface area contributed by atoms with Gasteiger partial charge in [0.25, 0.3) is 0 Å². The van der Waals surface area contributed by atoms with Crippen molar-refractivity contribution in [3.05, 3.63) is 35.9 Å². The van der Waals surface area contributed by atoms with E-state index in [0.29, 0.717) is 6.42 Å². The minimum Gasteiger partial charge on any atom is -0.469 e. The van der Waals surface area contributed by atoms with Crippen LogP contribution in [0, 0.1) is 76.9 Å². The molecule has 0 saturated carbocycles. The van der Waals surface area contributed by atoms with E-state index in [1.807, 2.05) is 148 Å². The summed E-state index contributed by atoms with van der Waals surface area (Å²) in [5, 5.41) is 0. The summed E-state index contributed by atoms with van der Waals surface area (Å²) in [6.45, 7) is 37.2. The average Bonchev–Trinajstić information content (AvgIpc) is 3.34. The number of sulfone groups is 1. The second-order valence-electron chi connectivity index (χ2n) is 22.4. The number of carbonyl (C=O) groups is 10. The number of ketones is 7. The second-order valence-corrected chi connectivity index (χ2v) is 24.6. The molecule has 0 spiro atoms. The van der Waals surface area contributed by atoms with Crippen molar-refractivity contribution in [3.8, 4) is 0 Å². The third-order valence-corrected chi connectivity index (χ3v) is 13.1. The highest BCUT2D eigenvalue weighted by molar-refractivity contribution is 7.90. The molecule has 0 aliphatic rings. The van der Waals surface area contributed by atoms with Gasteiger partial charge in [-0.25, -0.2) is 8.42 Å².